The van der Waals surface area contributed by atoms with Crippen LogP contribution in [0.5, 0.6) is 0 Å². The van der Waals surface area contributed by atoms with Crippen LogP contribution in [0.4, 0.5) is 0 Å². The van der Waals surface area contributed by atoms with E-state index in [1.807, 2.05) is 0 Å². The summed E-state index contributed by atoms with van der Waals surface area (Å²) in [7, 11) is 0. The minimum absolute atomic E-state index is 0. The van der Waals surface area contributed by atoms with E-state index in [0.717, 1.165) is 59.8 Å². The summed E-state index contributed by atoms with van der Waals surface area (Å²) in [6.07, 6.45) is 16.0. The Hall–Kier alpha value is -5.76. The number of aliphatic hydroxyl groups is 3. The summed E-state index contributed by atoms with van der Waals surface area (Å²) in [5.74, 6) is -8.01. The number of carbonyl (C=O) groups excluding carboxylic acids is 6. The Bertz CT molecular complexity index is 1360. The number of aromatic nitrogens is 6. The van der Waals surface area contributed by atoms with Crippen LogP contribution in [0, 0.1) is 0 Å². The van der Waals surface area contributed by atoms with Crippen LogP contribution in [0.15, 0.2) is 55.8 Å². The van der Waals surface area contributed by atoms with Crippen molar-refractivity contribution in [1.29, 1.82) is 0 Å². The molecule has 6 N–H and O–H groups in total. The van der Waals surface area contributed by atoms with Gasteiger partial charge in [-0.2, -0.15) is 0 Å². The maximum atomic E-state index is 9.86. The molecule has 52 heavy (non-hydrogen) atoms. The number of nitrogens with zero attached hydrogens (tertiary/aromatic N) is 3. The van der Waals surface area contributed by atoms with Crippen LogP contribution in [0.1, 0.15) is 58.6 Å². The first kappa shape index (κ1) is 53.0. The Balaban J connectivity index is -0.000000267. The summed E-state index contributed by atoms with van der Waals surface area (Å²) in [5, 5.41) is 83.9. The molecule has 3 rings (SSSR count). The number of aliphatic carboxylic acids is 6. The monoisotopic (exact) mass is 818 g/mol. The van der Waals surface area contributed by atoms with Crippen LogP contribution in [0.2, 0.25) is 0 Å². The SMILES string of the molecule is CC(C)(O)C(=O)[O-].CC(C)(O)C(=O)[O-].CC(C)(O)C(=O)[O-].O=C([O-])C=Cc1c[nH]cn1.O=C([O-])C=Cc1c[nH]cn1.O=C([O-])C=Cc1c[nH]cn1.[Mo+6]. The van der Waals surface area contributed by atoms with Gasteiger partial charge < -0.3 is 89.7 Å². The molecule has 3 aromatic heterocycles. The largest absolute Gasteiger partial charge is 6.00 e. The van der Waals surface area contributed by atoms with Crippen LogP contribution in [-0.2, 0) is 49.8 Å². The van der Waals surface area contributed by atoms with Gasteiger partial charge in [0.15, 0.2) is 0 Å². The molecule has 0 saturated carbocycles. The molecule has 0 saturated heterocycles. The molecule has 0 aromatic carbocycles. The second kappa shape index (κ2) is 27.0. The number of nitrogens with one attached hydrogen (secondary N) is 3. The van der Waals surface area contributed by atoms with Gasteiger partial charge in [-0.1, -0.05) is 0 Å². The first-order valence-electron chi connectivity index (χ1n) is 13.6. The summed E-state index contributed by atoms with van der Waals surface area (Å²) >= 11 is 0. The predicted octanol–water partition coefficient (Wildman–Crippen LogP) is -6.96. The third-order valence-electron chi connectivity index (χ3n) is 4.23. The van der Waals surface area contributed by atoms with Crippen molar-refractivity contribution in [3.05, 3.63) is 72.9 Å². The number of carbonyl (C=O) groups is 6. The van der Waals surface area contributed by atoms with Crippen LogP contribution in [-0.4, -0.2) is 97.8 Å². The van der Waals surface area contributed by atoms with Crippen molar-refractivity contribution >= 4 is 54.0 Å². The molecule has 0 radical (unpaired) electrons. The van der Waals surface area contributed by atoms with Crippen molar-refractivity contribution in [2.45, 2.75) is 58.3 Å². The molecule has 0 fully saturated rings. The smallest absolute Gasteiger partial charge is 0.547 e. The van der Waals surface area contributed by atoms with E-state index < -0.39 is 52.6 Å². The maximum absolute atomic E-state index is 9.86. The second-order valence-electron chi connectivity index (χ2n) is 10.5. The third kappa shape index (κ3) is 35.5. The minimum Gasteiger partial charge on any atom is -0.547 e. The zero-order valence-electron chi connectivity index (χ0n) is 28.4. The standard InChI is InChI=1S/3C6H6N2O2.3C4H8O3.Mo/c3*9-6(10)2-1-5-3-7-4-8-5;3*1-4(2,7)3(5)6;/h3*1-4H,(H,7,8)(H,9,10);3*7H,1-2H3,(H,5,6);/q;;;;;;+6/p-6. The van der Waals surface area contributed by atoms with Gasteiger partial charge in [0.25, 0.3) is 0 Å². The number of H-pyrrole nitrogens is 3. The van der Waals surface area contributed by atoms with Gasteiger partial charge in [-0.3, -0.25) is 0 Å². The van der Waals surface area contributed by atoms with E-state index in [0.29, 0.717) is 17.1 Å². The number of aromatic amines is 3. The average molecular weight is 817 g/mol. The normalized spacial score (nSPS) is 10.6. The van der Waals surface area contributed by atoms with E-state index in [1.165, 1.54) is 37.2 Å². The summed E-state index contributed by atoms with van der Waals surface area (Å²) in [6, 6.07) is 0. The third-order valence-corrected chi connectivity index (χ3v) is 4.23. The Morgan fingerprint density at radius 1 is 0.500 bits per heavy atom. The van der Waals surface area contributed by atoms with E-state index >= 15 is 0 Å². The van der Waals surface area contributed by atoms with Gasteiger partial charge >= 0.3 is 21.1 Å². The van der Waals surface area contributed by atoms with E-state index in [4.69, 9.17) is 15.3 Å². The minimum atomic E-state index is -1.69. The molecule has 0 aliphatic heterocycles. The van der Waals surface area contributed by atoms with Crippen molar-refractivity contribution < 1.29 is 95.8 Å². The number of hydrogen-bond acceptors (Lipinski definition) is 18. The van der Waals surface area contributed by atoms with Crippen molar-refractivity contribution in [1.82, 2.24) is 29.9 Å². The Morgan fingerprint density at radius 3 is 0.769 bits per heavy atom. The first-order valence-corrected chi connectivity index (χ1v) is 13.6. The fraction of sp³-hybridized carbons (Fsp3) is 0.300. The Labute approximate surface area is 310 Å². The molecular formula is C30H36MoN6O15. The van der Waals surface area contributed by atoms with Crippen LogP contribution < -0.4 is 30.6 Å². The molecule has 22 heteroatoms. The van der Waals surface area contributed by atoms with E-state index in [9.17, 15) is 59.4 Å². The van der Waals surface area contributed by atoms with Gasteiger partial charge in [0.1, 0.15) is 0 Å². The number of rotatable bonds is 9. The van der Waals surface area contributed by atoms with Gasteiger partial charge in [-0.05, 0) is 78.0 Å². The van der Waals surface area contributed by atoms with Crippen molar-refractivity contribution in [2.75, 3.05) is 0 Å². The fourth-order valence-corrected chi connectivity index (χ4v) is 1.55. The Kier molecular flexibility index (Phi) is 27.6. The van der Waals surface area contributed by atoms with Crippen LogP contribution in [0.3, 0.4) is 0 Å². The van der Waals surface area contributed by atoms with E-state index in [1.54, 1.807) is 18.6 Å². The molecule has 0 bridgehead atoms. The second-order valence-corrected chi connectivity index (χ2v) is 10.5. The average Bonchev–Trinajstić information content (AvgIpc) is 3.78. The molecule has 3 heterocycles. The first-order chi connectivity index (χ1) is 23.2. The number of carboxylic acid groups (broad SMARTS) is 6. The predicted molar refractivity (Wildman–Crippen MR) is 162 cm³/mol. The molecule has 0 unspecified atom stereocenters. The fourth-order valence-electron chi connectivity index (χ4n) is 1.55. The van der Waals surface area contributed by atoms with Crippen molar-refractivity contribution in [2.24, 2.45) is 0 Å². The molecular weight excluding hydrogens is 780 g/mol. The van der Waals surface area contributed by atoms with Crippen LogP contribution in [0.25, 0.3) is 18.2 Å². The van der Waals surface area contributed by atoms with E-state index in [-0.39, 0.29) is 21.1 Å². The number of carboxylic acids is 6. The Morgan fingerprint density at radius 2 is 0.673 bits per heavy atom. The van der Waals surface area contributed by atoms with Crippen LogP contribution >= 0.6 is 0 Å². The molecule has 0 atom stereocenters. The van der Waals surface area contributed by atoms with E-state index in [2.05, 4.69) is 29.9 Å². The molecule has 3 aromatic rings. The van der Waals surface area contributed by atoms with Gasteiger partial charge in [-0.25, -0.2) is 15.0 Å². The molecule has 21 nitrogen and oxygen atoms in total. The summed E-state index contributed by atoms with van der Waals surface area (Å²) in [6.45, 7) is 6.93. The summed E-state index contributed by atoms with van der Waals surface area (Å²) in [4.78, 5) is 77.9. The summed E-state index contributed by atoms with van der Waals surface area (Å²) in [5.41, 5.74) is -3.36. The molecule has 0 aliphatic rings. The topological polar surface area (TPSA) is 388 Å². The summed E-state index contributed by atoms with van der Waals surface area (Å²) < 4.78 is 0. The molecule has 282 valence electrons. The number of hydrogen-bond donors (Lipinski definition) is 6. The molecule has 0 amide bonds. The van der Waals surface area contributed by atoms with Crippen molar-refractivity contribution in [3.8, 4) is 0 Å². The van der Waals surface area contributed by atoms with Gasteiger partial charge in [0, 0.05) is 18.6 Å². The maximum Gasteiger partial charge on any atom is 6.00 e. The zero-order valence-corrected chi connectivity index (χ0v) is 30.4. The van der Waals surface area contributed by atoms with Crippen molar-refractivity contribution in [3.63, 3.8) is 0 Å². The van der Waals surface area contributed by atoms with Gasteiger partial charge in [0.05, 0.1) is 88.7 Å². The molecule has 0 aliphatic carbocycles. The quantitative estimate of drug-likeness (QED) is 0.0863. The van der Waals surface area contributed by atoms with Gasteiger partial charge in [-0.15, -0.1) is 0 Å². The zero-order chi connectivity index (χ0) is 40.4. The number of imidazole rings is 3. The molecule has 0 spiro atoms. The van der Waals surface area contributed by atoms with Gasteiger partial charge in [0.2, 0.25) is 0 Å².